The van der Waals surface area contributed by atoms with Crippen molar-refractivity contribution < 1.29 is 14.3 Å². The van der Waals surface area contributed by atoms with Gasteiger partial charge in [0.05, 0.1) is 12.2 Å². The quantitative estimate of drug-likeness (QED) is 0.390. The first kappa shape index (κ1) is 21.9. The summed E-state index contributed by atoms with van der Waals surface area (Å²) < 4.78 is 11.2. The number of nitriles is 1. The zero-order chi connectivity index (χ0) is 21.4. The molecule has 0 heterocycles. The minimum atomic E-state index is -0.278. The summed E-state index contributed by atoms with van der Waals surface area (Å²) in [6.45, 7) is 6.09. The van der Waals surface area contributed by atoms with Crippen LogP contribution in [0.25, 0.3) is 6.08 Å². The number of benzene rings is 2. The number of amides is 1. The van der Waals surface area contributed by atoms with Gasteiger partial charge in [0, 0.05) is 5.69 Å². The highest BCUT2D eigenvalue weighted by atomic mass is 32.1. The third kappa shape index (κ3) is 6.33. The summed E-state index contributed by atoms with van der Waals surface area (Å²) in [4.78, 5) is 12.2. The van der Waals surface area contributed by atoms with Gasteiger partial charge in [-0.25, -0.2) is 0 Å². The van der Waals surface area contributed by atoms with E-state index in [1.54, 1.807) is 24.3 Å². The molecule has 0 aromatic heterocycles. The standard InChI is InChI=1S/C22H23N3O3S/c1-4-27-20-11-16(10-17(12-23)22(24)29)6-8-19(20)28-13-21(26)25-18-7-5-14(2)15(3)9-18/h5-11H,4,13H2,1-3H3,(H2,24,29)(H,25,26)/b17-10+. The zero-order valence-electron chi connectivity index (χ0n) is 16.6. The Bertz CT molecular complexity index is 993. The van der Waals surface area contributed by atoms with Gasteiger partial charge in [-0.05, 0) is 67.8 Å². The Kier molecular flexibility index (Phi) is 7.75. The fraction of sp³-hybridized carbons (Fsp3) is 0.227. The lowest BCUT2D eigenvalue weighted by molar-refractivity contribution is -0.118. The van der Waals surface area contributed by atoms with E-state index in [1.807, 2.05) is 45.0 Å². The molecule has 0 aliphatic carbocycles. The first-order valence-electron chi connectivity index (χ1n) is 9.02. The molecule has 0 saturated carbocycles. The topological polar surface area (TPSA) is 97.4 Å². The first-order chi connectivity index (χ1) is 13.8. The average molecular weight is 410 g/mol. The van der Waals surface area contributed by atoms with Gasteiger partial charge in [0.15, 0.2) is 18.1 Å². The number of anilines is 1. The number of carbonyl (C=O) groups excluding carboxylic acids is 1. The Morgan fingerprint density at radius 2 is 1.93 bits per heavy atom. The number of nitrogens with zero attached hydrogens (tertiary/aromatic N) is 1. The molecule has 0 fully saturated rings. The van der Waals surface area contributed by atoms with Crippen LogP contribution in [0.2, 0.25) is 0 Å². The summed E-state index contributed by atoms with van der Waals surface area (Å²) in [6, 6.07) is 12.8. The van der Waals surface area contributed by atoms with Gasteiger partial charge in [0.1, 0.15) is 11.1 Å². The Hall–Kier alpha value is -3.37. The van der Waals surface area contributed by atoms with Crippen molar-refractivity contribution in [1.82, 2.24) is 0 Å². The molecule has 2 aromatic carbocycles. The lowest BCUT2D eigenvalue weighted by atomic mass is 10.1. The van der Waals surface area contributed by atoms with Crippen LogP contribution >= 0.6 is 12.2 Å². The van der Waals surface area contributed by atoms with Crippen molar-refractivity contribution in [2.24, 2.45) is 5.73 Å². The monoisotopic (exact) mass is 409 g/mol. The van der Waals surface area contributed by atoms with E-state index >= 15 is 0 Å². The summed E-state index contributed by atoms with van der Waals surface area (Å²) >= 11 is 4.85. The molecule has 0 spiro atoms. The van der Waals surface area contributed by atoms with Crippen LogP contribution in [0.1, 0.15) is 23.6 Å². The van der Waals surface area contributed by atoms with Crippen LogP contribution in [0.5, 0.6) is 11.5 Å². The Morgan fingerprint density at radius 1 is 1.17 bits per heavy atom. The third-order valence-corrected chi connectivity index (χ3v) is 4.33. The number of thiocarbonyl (C=S) groups is 1. The van der Waals surface area contributed by atoms with E-state index in [0.717, 1.165) is 11.1 Å². The van der Waals surface area contributed by atoms with Crippen molar-refractivity contribution in [2.45, 2.75) is 20.8 Å². The highest BCUT2D eigenvalue weighted by Gasteiger charge is 2.10. The number of rotatable bonds is 8. The highest BCUT2D eigenvalue weighted by molar-refractivity contribution is 7.80. The van der Waals surface area contributed by atoms with Gasteiger partial charge >= 0.3 is 0 Å². The summed E-state index contributed by atoms with van der Waals surface area (Å²) in [6.07, 6.45) is 1.57. The number of carbonyl (C=O) groups is 1. The minimum Gasteiger partial charge on any atom is -0.490 e. The highest BCUT2D eigenvalue weighted by Crippen LogP contribution is 2.29. The number of aryl methyl sites for hydroxylation is 2. The van der Waals surface area contributed by atoms with Gasteiger partial charge in [-0.2, -0.15) is 5.26 Å². The van der Waals surface area contributed by atoms with Gasteiger partial charge in [-0.1, -0.05) is 24.4 Å². The molecule has 3 N–H and O–H groups in total. The van der Waals surface area contributed by atoms with E-state index in [4.69, 9.17) is 32.7 Å². The molecule has 2 rings (SSSR count). The molecule has 0 saturated heterocycles. The molecule has 2 aromatic rings. The molecule has 0 atom stereocenters. The summed E-state index contributed by atoms with van der Waals surface area (Å²) in [5, 5.41) is 11.9. The summed E-state index contributed by atoms with van der Waals surface area (Å²) in [5.74, 6) is 0.605. The maximum atomic E-state index is 12.2. The lowest BCUT2D eigenvalue weighted by Crippen LogP contribution is -2.20. The SMILES string of the molecule is CCOc1cc(/C=C(\C#N)C(N)=S)ccc1OCC(=O)Nc1ccc(C)c(C)c1. The summed E-state index contributed by atoms with van der Waals surface area (Å²) in [5.41, 5.74) is 9.38. The summed E-state index contributed by atoms with van der Waals surface area (Å²) in [7, 11) is 0. The van der Waals surface area contributed by atoms with Gasteiger partial charge in [0.25, 0.3) is 5.91 Å². The van der Waals surface area contributed by atoms with E-state index < -0.39 is 0 Å². The Morgan fingerprint density at radius 3 is 2.55 bits per heavy atom. The van der Waals surface area contributed by atoms with E-state index in [2.05, 4.69) is 5.32 Å². The van der Waals surface area contributed by atoms with Crippen molar-refractivity contribution in [3.05, 3.63) is 58.7 Å². The smallest absolute Gasteiger partial charge is 0.262 e. The van der Waals surface area contributed by atoms with Crippen molar-refractivity contribution >= 4 is 34.9 Å². The molecule has 29 heavy (non-hydrogen) atoms. The van der Waals surface area contributed by atoms with Crippen molar-refractivity contribution in [3.8, 4) is 17.6 Å². The van der Waals surface area contributed by atoms with E-state index in [9.17, 15) is 4.79 Å². The number of hydrogen-bond donors (Lipinski definition) is 2. The van der Waals surface area contributed by atoms with Gasteiger partial charge < -0.3 is 20.5 Å². The second-order valence-corrected chi connectivity index (χ2v) is 6.75. The third-order valence-electron chi connectivity index (χ3n) is 4.11. The molecular weight excluding hydrogens is 386 g/mol. The molecule has 0 radical (unpaired) electrons. The normalized spacial score (nSPS) is 10.8. The lowest BCUT2D eigenvalue weighted by Gasteiger charge is -2.13. The molecule has 0 aliphatic rings. The molecule has 0 aliphatic heterocycles. The van der Waals surface area contributed by atoms with Crippen LogP contribution in [0.3, 0.4) is 0 Å². The zero-order valence-corrected chi connectivity index (χ0v) is 17.4. The van der Waals surface area contributed by atoms with Crippen LogP contribution in [0, 0.1) is 25.2 Å². The minimum absolute atomic E-state index is 0.0220. The van der Waals surface area contributed by atoms with E-state index in [-0.39, 0.29) is 23.1 Å². The Balaban J connectivity index is 2.11. The van der Waals surface area contributed by atoms with Crippen molar-refractivity contribution in [2.75, 3.05) is 18.5 Å². The van der Waals surface area contributed by atoms with Crippen molar-refractivity contribution in [1.29, 1.82) is 5.26 Å². The number of nitrogens with two attached hydrogens (primary N) is 1. The average Bonchev–Trinajstić information content (AvgIpc) is 2.68. The molecule has 0 bridgehead atoms. The first-order valence-corrected chi connectivity index (χ1v) is 9.43. The van der Waals surface area contributed by atoms with Gasteiger partial charge in [-0.3, -0.25) is 4.79 Å². The maximum Gasteiger partial charge on any atom is 0.262 e. The van der Waals surface area contributed by atoms with E-state index in [1.165, 1.54) is 0 Å². The molecule has 150 valence electrons. The fourth-order valence-corrected chi connectivity index (χ4v) is 2.59. The maximum absolute atomic E-state index is 12.2. The second kappa shape index (κ2) is 10.2. The van der Waals surface area contributed by atoms with Crippen LogP contribution in [0.15, 0.2) is 42.0 Å². The predicted octanol–water partition coefficient (Wildman–Crippen LogP) is 3.91. The largest absolute Gasteiger partial charge is 0.490 e. The molecule has 7 heteroatoms. The van der Waals surface area contributed by atoms with Crippen LogP contribution in [0.4, 0.5) is 5.69 Å². The van der Waals surface area contributed by atoms with Crippen LogP contribution < -0.4 is 20.5 Å². The van der Waals surface area contributed by atoms with Gasteiger partial charge in [-0.15, -0.1) is 0 Å². The Labute approximate surface area is 175 Å². The fourth-order valence-electron chi connectivity index (χ4n) is 2.49. The van der Waals surface area contributed by atoms with Crippen molar-refractivity contribution in [3.63, 3.8) is 0 Å². The van der Waals surface area contributed by atoms with Crippen LogP contribution in [-0.4, -0.2) is 24.1 Å². The second-order valence-electron chi connectivity index (χ2n) is 6.31. The molecular formula is C22H23N3O3S. The molecule has 6 nitrogen and oxygen atoms in total. The predicted molar refractivity (Wildman–Crippen MR) is 118 cm³/mol. The van der Waals surface area contributed by atoms with Gasteiger partial charge in [0.2, 0.25) is 0 Å². The van der Waals surface area contributed by atoms with E-state index in [0.29, 0.717) is 29.4 Å². The number of hydrogen-bond acceptors (Lipinski definition) is 5. The molecule has 0 unspecified atom stereocenters. The number of nitrogens with one attached hydrogen (secondary N) is 1. The van der Waals surface area contributed by atoms with Crippen LogP contribution in [-0.2, 0) is 4.79 Å². The number of ether oxygens (including phenoxy) is 2. The molecule has 1 amide bonds.